The van der Waals surface area contributed by atoms with Crippen LogP contribution in [-0.2, 0) is 11.3 Å². The van der Waals surface area contributed by atoms with Crippen molar-refractivity contribution in [2.24, 2.45) is 11.7 Å². The number of halogens is 1. The maximum atomic E-state index is 12.5. The van der Waals surface area contributed by atoms with Crippen molar-refractivity contribution in [2.75, 3.05) is 0 Å². The van der Waals surface area contributed by atoms with Gasteiger partial charge in [-0.3, -0.25) is 9.59 Å². The maximum absolute atomic E-state index is 12.5. The molecule has 0 saturated heterocycles. The first-order chi connectivity index (χ1) is 11.0. The van der Waals surface area contributed by atoms with E-state index >= 15 is 0 Å². The zero-order valence-electron chi connectivity index (χ0n) is 13.8. The number of hydrogen-bond donors (Lipinski definition) is 3. The molecule has 130 valence electrons. The lowest BCUT2D eigenvalue weighted by molar-refractivity contribution is -0.128. The number of benzene rings is 1. The lowest BCUT2D eigenvalue weighted by atomic mass is 9.74. The number of para-hydroxylation sites is 1. The molecule has 5 nitrogen and oxygen atoms in total. The molecule has 2 aromatic rings. The Kier molecular flexibility index (Phi) is 5.67. The normalized spacial score (nSPS) is 23.5. The Morgan fingerprint density at radius 1 is 1.38 bits per heavy atom. The molecular formula is C18H24ClN3O2. The summed E-state index contributed by atoms with van der Waals surface area (Å²) in [5.74, 6) is -0.177. The Bertz CT molecular complexity index is 785. The topological polar surface area (TPSA) is 88.0 Å². The zero-order valence-corrected chi connectivity index (χ0v) is 14.6. The molecule has 1 aromatic heterocycles. The van der Waals surface area contributed by atoms with Crippen molar-refractivity contribution < 1.29 is 4.79 Å². The zero-order chi connectivity index (χ0) is 16.4. The van der Waals surface area contributed by atoms with Gasteiger partial charge in [0.25, 0.3) is 0 Å². The molecule has 1 aromatic carbocycles. The van der Waals surface area contributed by atoms with E-state index in [1.165, 1.54) is 0 Å². The van der Waals surface area contributed by atoms with Gasteiger partial charge in [0.05, 0.1) is 5.92 Å². The van der Waals surface area contributed by atoms with E-state index < -0.39 is 5.54 Å². The summed E-state index contributed by atoms with van der Waals surface area (Å²) in [7, 11) is 0. The van der Waals surface area contributed by atoms with E-state index in [1.54, 1.807) is 6.07 Å². The number of aromatic nitrogens is 1. The van der Waals surface area contributed by atoms with Crippen molar-refractivity contribution in [3.63, 3.8) is 0 Å². The molecule has 4 N–H and O–H groups in total. The van der Waals surface area contributed by atoms with E-state index in [9.17, 15) is 9.59 Å². The van der Waals surface area contributed by atoms with E-state index in [2.05, 4.69) is 10.3 Å². The fourth-order valence-corrected chi connectivity index (χ4v) is 3.52. The third-order valence-electron chi connectivity index (χ3n) is 4.86. The van der Waals surface area contributed by atoms with E-state index in [0.29, 0.717) is 6.54 Å². The molecule has 1 aliphatic carbocycles. The molecular weight excluding hydrogens is 326 g/mol. The van der Waals surface area contributed by atoms with Crippen molar-refractivity contribution in [1.29, 1.82) is 0 Å². The number of fused-ring (bicyclic) bond motifs is 1. The Balaban J connectivity index is 0.00000208. The average molecular weight is 350 g/mol. The predicted octanol–water partition coefficient (Wildman–Crippen LogP) is 2.47. The summed E-state index contributed by atoms with van der Waals surface area (Å²) >= 11 is 0. The van der Waals surface area contributed by atoms with Gasteiger partial charge in [-0.25, -0.2) is 0 Å². The highest BCUT2D eigenvalue weighted by Crippen LogP contribution is 2.31. The fraction of sp³-hybridized carbons (Fsp3) is 0.444. The second kappa shape index (κ2) is 7.36. The van der Waals surface area contributed by atoms with E-state index in [1.807, 2.05) is 31.2 Å². The van der Waals surface area contributed by atoms with Crippen molar-refractivity contribution in [1.82, 2.24) is 10.3 Å². The van der Waals surface area contributed by atoms with Gasteiger partial charge in [0.2, 0.25) is 11.5 Å². The van der Waals surface area contributed by atoms with Crippen molar-refractivity contribution in [2.45, 2.75) is 44.7 Å². The number of nitrogens with one attached hydrogen (secondary N) is 2. The summed E-state index contributed by atoms with van der Waals surface area (Å²) in [5, 5.41) is 3.92. The quantitative estimate of drug-likeness (QED) is 0.795. The summed E-state index contributed by atoms with van der Waals surface area (Å²) in [4.78, 5) is 27.1. The van der Waals surface area contributed by atoms with Gasteiger partial charge in [-0.15, -0.1) is 12.4 Å². The molecule has 1 heterocycles. The summed E-state index contributed by atoms with van der Waals surface area (Å²) in [6, 6.07) is 9.15. The Morgan fingerprint density at radius 3 is 2.88 bits per heavy atom. The average Bonchev–Trinajstić information content (AvgIpc) is 2.51. The number of nitrogens with two attached hydrogens (primary N) is 1. The number of carbonyl (C=O) groups is 1. The number of carbonyl (C=O) groups excluding carboxylic acids is 1. The summed E-state index contributed by atoms with van der Waals surface area (Å²) < 4.78 is 0. The highest BCUT2D eigenvalue weighted by molar-refractivity contribution is 5.85. The molecule has 2 unspecified atom stereocenters. The van der Waals surface area contributed by atoms with Crippen LogP contribution >= 0.6 is 12.4 Å². The number of rotatable bonds is 3. The van der Waals surface area contributed by atoms with Gasteiger partial charge < -0.3 is 16.0 Å². The van der Waals surface area contributed by atoms with Gasteiger partial charge in [-0.1, -0.05) is 31.0 Å². The highest BCUT2D eigenvalue weighted by Gasteiger charge is 2.37. The first-order valence-corrected chi connectivity index (χ1v) is 8.15. The largest absolute Gasteiger partial charge is 0.352 e. The standard InChI is InChI=1S/C18H23N3O2.ClH/c1-18(19)9-5-4-7-14(18)17(23)20-11-12-10-16(22)21-15-8-3-2-6-13(12)15;/h2-3,6,8,10,14H,4-5,7,9,11,19H2,1H3,(H,20,23)(H,21,22);1H. The second-order valence-electron chi connectivity index (χ2n) is 6.73. The monoisotopic (exact) mass is 349 g/mol. The first kappa shape index (κ1) is 18.5. The van der Waals surface area contributed by atoms with Gasteiger partial charge in [-0.2, -0.15) is 0 Å². The fourth-order valence-electron chi connectivity index (χ4n) is 3.52. The van der Waals surface area contributed by atoms with Crippen LogP contribution in [0.1, 0.15) is 38.2 Å². The van der Waals surface area contributed by atoms with E-state index in [4.69, 9.17) is 5.73 Å². The summed E-state index contributed by atoms with van der Waals surface area (Å²) in [6.07, 6.45) is 3.82. The van der Waals surface area contributed by atoms with Crippen LogP contribution in [0.4, 0.5) is 0 Å². The molecule has 3 rings (SSSR count). The molecule has 24 heavy (non-hydrogen) atoms. The van der Waals surface area contributed by atoms with E-state index in [0.717, 1.165) is 42.1 Å². The third kappa shape index (κ3) is 3.79. The minimum absolute atomic E-state index is 0. The Labute approximate surface area is 147 Å². The Morgan fingerprint density at radius 2 is 2.12 bits per heavy atom. The molecule has 1 aliphatic rings. The molecule has 0 bridgehead atoms. The lowest BCUT2D eigenvalue weighted by Gasteiger charge is -2.37. The number of aromatic amines is 1. The van der Waals surface area contributed by atoms with Crippen LogP contribution in [-0.4, -0.2) is 16.4 Å². The maximum Gasteiger partial charge on any atom is 0.248 e. The van der Waals surface area contributed by atoms with Crippen molar-refractivity contribution >= 4 is 29.2 Å². The van der Waals surface area contributed by atoms with Crippen LogP contribution in [0, 0.1) is 5.92 Å². The molecule has 1 saturated carbocycles. The molecule has 2 atom stereocenters. The first-order valence-electron chi connectivity index (χ1n) is 8.15. The number of pyridine rings is 1. The predicted molar refractivity (Wildman–Crippen MR) is 98.2 cm³/mol. The molecule has 6 heteroatoms. The van der Waals surface area contributed by atoms with Crippen LogP contribution < -0.4 is 16.6 Å². The van der Waals surface area contributed by atoms with Crippen LogP contribution in [0.2, 0.25) is 0 Å². The summed E-state index contributed by atoms with van der Waals surface area (Å²) in [5.41, 5.74) is 7.30. The van der Waals surface area contributed by atoms with Crippen LogP contribution in [0.15, 0.2) is 35.1 Å². The van der Waals surface area contributed by atoms with E-state index in [-0.39, 0.29) is 29.8 Å². The van der Waals surface area contributed by atoms with Crippen molar-refractivity contribution in [3.8, 4) is 0 Å². The third-order valence-corrected chi connectivity index (χ3v) is 4.86. The second-order valence-corrected chi connectivity index (χ2v) is 6.73. The number of hydrogen-bond acceptors (Lipinski definition) is 3. The lowest BCUT2D eigenvalue weighted by Crippen LogP contribution is -2.52. The summed E-state index contributed by atoms with van der Waals surface area (Å²) in [6.45, 7) is 2.30. The highest BCUT2D eigenvalue weighted by atomic mass is 35.5. The molecule has 0 radical (unpaired) electrons. The minimum Gasteiger partial charge on any atom is -0.352 e. The molecule has 0 spiro atoms. The van der Waals surface area contributed by atoms with Crippen LogP contribution in [0.3, 0.4) is 0 Å². The van der Waals surface area contributed by atoms with Crippen molar-refractivity contribution in [3.05, 3.63) is 46.2 Å². The van der Waals surface area contributed by atoms with Gasteiger partial charge in [0, 0.05) is 29.1 Å². The van der Waals surface area contributed by atoms with Gasteiger partial charge in [0.1, 0.15) is 0 Å². The van der Waals surface area contributed by atoms with Gasteiger partial charge in [-0.05, 0) is 31.4 Å². The van der Waals surface area contributed by atoms with Crippen LogP contribution in [0.5, 0.6) is 0 Å². The minimum atomic E-state index is -0.446. The SMILES string of the molecule is CC1(N)CCCCC1C(=O)NCc1cc(=O)[nH]c2ccccc12.Cl. The van der Waals surface area contributed by atoms with Crippen LogP contribution in [0.25, 0.3) is 10.9 Å². The van der Waals surface area contributed by atoms with Gasteiger partial charge >= 0.3 is 0 Å². The molecule has 1 fully saturated rings. The smallest absolute Gasteiger partial charge is 0.248 e. The number of amides is 1. The van der Waals surface area contributed by atoms with Gasteiger partial charge in [0.15, 0.2) is 0 Å². The molecule has 0 aliphatic heterocycles. The number of H-pyrrole nitrogens is 1. The Hall–Kier alpha value is -1.85. The molecule has 1 amide bonds.